The molecule has 1 aromatic carbocycles. The summed E-state index contributed by atoms with van der Waals surface area (Å²) < 4.78 is 21.1. The lowest BCUT2D eigenvalue weighted by molar-refractivity contribution is 0.0933. The molecule has 134 valence electrons. The largest absolute Gasteiger partial charge is 0.436 e. The number of ether oxygens (including phenoxy) is 1. The van der Waals surface area contributed by atoms with E-state index in [1.54, 1.807) is 28.9 Å². The van der Waals surface area contributed by atoms with E-state index in [4.69, 9.17) is 4.74 Å². The zero-order valence-electron chi connectivity index (χ0n) is 14.6. The second-order valence-corrected chi connectivity index (χ2v) is 6.65. The van der Waals surface area contributed by atoms with Crippen molar-refractivity contribution in [3.05, 3.63) is 53.9 Å². The Bertz CT molecular complexity index is 981. The first-order chi connectivity index (χ1) is 12.5. The number of aromatic nitrogens is 3. The van der Waals surface area contributed by atoms with Gasteiger partial charge in [0.05, 0.1) is 0 Å². The van der Waals surface area contributed by atoms with Crippen LogP contribution in [0.3, 0.4) is 0 Å². The number of carbonyl (C=O) groups is 1. The second kappa shape index (κ2) is 6.40. The number of carbonyl (C=O) groups excluding carboxylic acids is 1. The summed E-state index contributed by atoms with van der Waals surface area (Å²) in [4.78, 5) is 21.2. The first kappa shape index (κ1) is 16.5. The van der Waals surface area contributed by atoms with E-state index >= 15 is 0 Å². The van der Waals surface area contributed by atoms with Crippen LogP contribution in [0.25, 0.3) is 5.65 Å². The maximum atomic E-state index is 13.8. The van der Waals surface area contributed by atoms with Crippen molar-refractivity contribution in [2.24, 2.45) is 5.92 Å². The maximum Gasteiger partial charge on any atom is 0.274 e. The minimum Gasteiger partial charge on any atom is -0.436 e. The van der Waals surface area contributed by atoms with Gasteiger partial charge in [0.2, 0.25) is 5.88 Å². The minimum atomic E-state index is -0.475. The van der Waals surface area contributed by atoms with Crippen LogP contribution in [0.4, 0.5) is 4.39 Å². The number of para-hydroxylation sites is 1. The van der Waals surface area contributed by atoms with Crippen molar-refractivity contribution < 1.29 is 13.9 Å². The van der Waals surface area contributed by atoms with E-state index in [1.165, 1.54) is 12.1 Å². The third-order valence-corrected chi connectivity index (χ3v) is 4.62. The lowest BCUT2D eigenvalue weighted by Gasteiger charge is -2.12. The van der Waals surface area contributed by atoms with Crippen LogP contribution in [0.15, 0.2) is 36.7 Å². The molecule has 1 saturated carbocycles. The van der Waals surface area contributed by atoms with Crippen molar-refractivity contribution in [1.82, 2.24) is 19.7 Å². The Morgan fingerprint density at radius 1 is 1.38 bits per heavy atom. The van der Waals surface area contributed by atoms with Crippen LogP contribution in [0.2, 0.25) is 0 Å². The van der Waals surface area contributed by atoms with Gasteiger partial charge in [-0.1, -0.05) is 12.1 Å². The molecule has 3 aromatic rings. The van der Waals surface area contributed by atoms with Crippen molar-refractivity contribution in [1.29, 1.82) is 0 Å². The number of benzene rings is 1. The van der Waals surface area contributed by atoms with Gasteiger partial charge in [0.25, 0.3) is 5.91 Å². The number of halogens is 1. The fourth-order valence-electron chi connectivity index (χ4n) is 2.93. The smallest absolute Gasteiger partial charge is 0.274 e. The summed E-state index contributed by atoms with van der Waals surface area (Å²) in [6, 6.07) is 7.90. The fraction of sp³-hybridized carbons (Fsp3) is 0.316. The van der Waals surface area contributed by atoms with Crippen molar-refractivity contribution in [3.8, 4) is 11.6 Å². The molecule has 1 amide bonds. The summed E-state index contributed by atoms with van der Waals surface area (Å²) in [5, 5.41) is 2.98. The van der Waals surface area contributed by atoms with Gasteiger partial charge in [0, 0.05) is 17.8 Å². The maximum absolute atomic E-state index is 13.8. The van der Waals surface area contributed by atoms with Crippen LogP contribution < -0.4 is 10.1 Å². The third-order valence-electron chi connectivity index (χ3n) is 4.62. The first-order valence-electron chi connectivity index (χ1n) is 8.61. The van der Waals surface area contributed by atoms with Crippen molar-refractivity contribution in [2.75, 3.05) is 0 Å². The predicted molar refractivity (Wildman–Crippen MR) is 93.9 cm³/mol. The van der Waals surface area contributed by atoms with E-state index in [-0.39, 0.29) is 29.3 Å². The molecule has 4 rings (SSSR count). The number of hydrogen-bond donors (Lipinski definition) is 1. The van der Waals surface area contributed by atoms with Gasteiger partial charge in [-0.3, -0.25) is 9.20 Å². The number of hydrogen-bond acceptors (Lipinski definition) is 4. The molecule has 0 saturated heterocycles. The highest BCUT2D eigenvalue weighted by Crippen LogP contribution is 2.32. The Balaban J connectivity index is 1.66. The summed E-state index contributed by atoms with van der Waals surface area (Å²) in [5.41, 5.74) is 1.40. The molecular weight excluding hydrogens is 335 g/mol. The van der Waals surface area contributed by atoms with Crippen LogP contribution >= 0.6 is 0 Å². The molecule has 0 aliphatic heterocycles. The van der Waals surface area contributed by atoms with Crippen molar-refractivity contribution in [2.45, 2.75) is 32.7 Å². The predicted octanol–water partition coefficient (Wildman–Crippen LogP) is 3.50. The summed E-state index contributed by atoms with van der Waals surface area (Å²) in [7, 11) is 0. The number of fused-ring (bicyclic) bond motifs is 1. The number of amides is 1. The molecule has 2 aromatic heterocycles. The average Bonchev–Trinajstić information content (AvgIpc) is 3.37. The van der Waals surface area contributed by atoms with Gasteiger partial charge in [0.15, 0.2) is 22.9 Å². The summed E-state index contributed by atoms with van der Waals surface area (Å²) >= 11 is 0. The first-order valence-corrected chi connectivity index (χ1v) is 8.61. The summed E-state index contributed by atoms with van der Waals surface area (Å²) in [5.74, 6) is 0.0994. The fourth-order valence-corrected chi connectivity index (χ4v) is 2.93. The Labute approximate surface area is 150 Å². The van der Waals surface area contributed by atoms with Crippen LogP contribution in [0.1, 0.15) is 35.9 Å². The zero-order valence-corrected chi connectivity index (χ0v) is 14.6. The standard InChI is InChI=1S/C19H19FN4O2/c1-11-9-16(26-15-6-4-3-5-14(15)20)23-18-17(21-10-24(11)18)19(25)22-12(2)13-7-8-13/h3-6,9-10,12-13H,7-8H2,1-2H3,(H,22,25). The van der Waals surface area contributed by atoms with E-state index in [9.17, 15) is 9.18 Å². The van der Waals surface area contributed by atoms with Crippen molar-refractivity contribution >= 4 is 11.6 Å². The highest BCUT2D eigenvalue weighted by molar-refractivity contribution is 5.98. The van der Waals surface area contributed by atoms with Gasteiger partial charge in [-0.25, -0.2) is 9.37 Å². The monoisotopic (exact) mass is 354 g/mol. The molecule has 6 nitrogen and oxygen atoms in total. The Morgan fingerprint density at radius 3 is 2.88 bits per heavy atom. The van der Waals surface area contributed by atoms with E-state index in [1.807, 2.05) is 13.8 Å². The average molecular weight is 354 g/mol. The molecule has 26 heavy (non-hydrogen) atoms. The van der Waals surface area contributed by atoms with E-state index in [0.29, 0.717) is 11.6 Å². The van der Waals surface area contributed by atoms with Crippen molar-refractivity contribution in [3.63, 3.8) is 0 Å². The lowest BCUT2D eigenvalue weighted by atomic mass is 10.2. The highest BCUT2D eigenvalue weighted by atomic mass is 19.1. The molecule has 1 aliphatic rings. The van der Waals surface area contributed by atoms with Gasteiger partial charge in [0.1, 0.15) is 6.33 Å². The Morgan fingerprint density at radius 2 is 2.15 bits per heavy atom. The van der Waals surface area contributed by atoms with Crippen LogP contribution in [-0.4, -0.2) is 26.3 Å². The summed E-state index contributed by atoms with van der Waals surface area (Å²) in [6.45, 7) is 3.85. The highest BCUT2D eigenvalue weighted by Gasteiger charge is 2.30. The second-order valence-electron chi connectivity index (χ2n) is 6.65. The molecule has 1 unspecified atom stereocenters. The number of nitrogens with zero attached hydrogens (tertiary/aromatic N) is 3. The number of aryl methyl sites for hydroxylation is 1. The van der Waals surface area contributed by atoms with Gasteiger partial charge in [-0.2, -0.15) is 4.98 Å². The molecule has 0 spiro atoms. The molecule has 1 N–H and O–H groups in total. The molecule has 2 heterocycles. The lowest BCUT2D eigenvalue weighted by Crippen LogP contribution is -2.34. The van der Waals surface area contributed by atoms with E-state index < -0.39 is 5.82 Å². The Hall–Kier alpha value is -2.96. The van der Waals surface area contributed by atoms with Crippen LogP contribution in [0, 0.1) is 18.7 Å². The van der Waals surface area contributed by atoms with Crippen LogP contribution in [-0.2, 0) is 0 Å². The molecule has 0 bridgehead atoms. The van der Waals surface area contributed by atoms with E-state index in [0.717, 1.165) is 18.5 Å². The molecule has 7 heteroatoms. The van der Waals surface area contributed by atoms with Gasteiger partial charge >= 0.3 is 0 Å². The third kappa shape index (κ3) is 3.12. The normalized spacial score (nSPS) is 15.0. The zero-order chi connectivity index (χ0) is 18.3. The summed E-state index contributed by atoms with van der Waals surface area (Å²) in [6.07, 6.45) is 3.84. The molecule has 1 fully saturated rings. The molecular formula is C19H19FN4O2. The van der Waals surface area contributed by atoms with Gasteiger partial charge in [-0.05, 0) is 44.7 Å². The molecule has 1 aliphatic carbocycles. The van der Waals surface area contributed by atoms with Gasteiger partial charge in [-0.15, -0.1) is 0 Å². The SMILES string of the molecule is Cc1cc(Oc2ccccc2F)nc2c(C(=O)NC(C)C3CC3)ncn12. The Kier molecular flexibility index (Phi) is 4.06. The molecule has 0 radical (unpaired) electrons. The van der Waals surface area contributed by atoms with Crippen LogP contribution in [0.5, 0.6) is 11.6 Å². The van der Waals surface area contributed by atoms with Gasteiger partial charge < -0.3 is 10.1 Å². The van der Waals surface area contributed by atoms with E-state index in [2.05, 4.69) is 15.3 Å². The molecule has 1 atom stereocenters. The minimum absolute atomic E-state index is 0.0802. The quantitative estimate of drug-likeness (QED) is 0.761. The number of nitrogens with one attached hydrogen (secondary N) is 1. The number of rotatable bonds is 5. The number of imidazole rings is 1. The topological polar surface area (TPSA) is 68.5 Å².